The summed E-state index contributed by atoms with van der Waals surface area (Å²) in [6.07, 6.45) is 2.82. The zero-order valence-corrected chi connectivity index (χ0v) is 12.7. The van der Waals surface area contributed by atoms with Crippen LogP contribution >= 0.6 is 0 Å². The van der Waals surface area contributed by atoms with E-state index in [1.165, 1.54) is 0 Å². The van der Waals surface area contributed by atoms with Gasteiger partial charge in [0.2, 0.25) is 0 Å². The maximum absolute atomic E-state index is 12.6. The predicted molar refractivity (Wildman–Crippen MR) is 83.1 cm³/mol. The van der Waals surface area contributed by atoms with Crippen molar-refractivity contribution in [3.05, 3.63) is 58.9 Å². The molecular weight excluding hydrogens is 278 g/mol. The van der Waals surface area contributed by atoms with Crippen LogP contribution in [0.4, 0.5) is 0 Å². The fourth-order valence-electron chi connectivity index (χ4n) is 3.31. The van der Waals surface area contributed by atoms with Gasteiger partial charge in [-0.1, -0.05) is 44.2 Å². The van der Waals surface area contributed by atoms with Crippen LogP contribution in [0.25, 0.3) is 0 Å². The normalized spacial score (nSPS) is 23.5. The summed E-state index contributed by atoms with van der Waals surface area (Å²) in [6, 6.07) is 9.59. The van der Waals surface area contributed by atoms with E-state index in [-0.39, 0.29) is 22.8 Å². The third kappa shape index (κ3) is 2.56. The number of benzene rings is 1. The van der Waals surface area contributed by atoms with E-state index >= 15 is 0 Å². The van der Waals surface area contributed by atoms with Gasteiger partial charge < -0.3 is 10.4 Å². The highest BCUT2D eigenvalue weighted by molar-refractivity contribution is 6.01. The lowest BCUT2D eigenvalue weighted by Gasteiger charge is -2.37. The fraction of sp³-hybridized carbons (Fsp3) is 0.333. The molecule has 2 aliphatic rings. The number of allylic oxidation sites excluding steroid dienone is 3. The van der Waals surface area contributed by atoms with E-state index in [0.717, 1.165) is 16.8 Å². The number of hydrogen-bond donors (Lipinski definition) is 2. The van der Waals surface area contributed by atoms with Crippen molar-refractivity contribution in [1.29, 1.82) is 0 Å². The summed E-state index contributed by atoms with van der Waals surface area (Å²) < 4.78 is 0. The maximum atomic E-state index is 12.6. The average molecular weight is 297 g/mol. The highest BCUT2D eigenvalue weighted by Gasteiger charge is 2.39. The van der Waals surface area contributed by atoms with E-state index in [4.69, 9.17) is 0 Å². The lowest BCUT2D eigenvalue weighted by Crippen LogP contribution is -2.37. The molecule has 0 radical (unpaired) electrons. The second-order valence-corrected chi connectivity index (χ2v) is 6.73. The number of dihydropyridines is 1. The third-order valence-corrected chi connectivity index (χ3v) is 4.24. The zero-order valence-electron chi connectivity index (χ0n) is 12.7. The Hall–Kier alpha value is -2.36. The van der Waals surface area contributed by atoms with Crippen LogP contribution in [0.2, 0.25) is 0 Å². The largest absolute Gasteiger partial charge is 0.477 e. The Kier molecular flexibility index (Phi) is 3.39. The molecule has 1 aromatic carbocycles. The van der Waals surface area contributed by atoms with Crippen molar-refractivity contribution in [2.45, 2.75) is 32.6 Å². The molecule has 1 aliphatic heterocycles. The monoisotopic (exact) mass is 297 g/mol. The molecule has 0 fully saturated rings. The summed E-state index contributed by atoms with van der Waals surface area (Å²) in [7, 11) is 0. The number of nitrogens with one attached hydrogen (secondary N) is 1. The third-order valence-electron chi connectivity index (χ3n) is 4.24. The fourth-order valence-corrected chi connectivity index (χ4v) is 3.31. The lowest BCUT2D eigenvalue weighted by molar-refractivity contribution is -0.133. The minimum Gasteiger partial charge on any atom is -0.477 e. The smallest absolute Gasteiger partial charge is 0.351 e. The van der Waals surface area contributed by atoms with Gasteiger partial charge in [0, 0.05) is 23.6 Å². The number of rotatable bonds is 2. The molecule has 0 amide bonds. The van der Waals surface area contributed by atoms with Crippen molar-refractivity contribution in [2.75, 3.05) is 0 Å². The molecule has 0 saturated heterocycles. The van der Waals surface area contributed by atoms with Crippen LogP contribution in [0.3, 0.4) is 0 Å². The number of carboxylic acid groups (broad SMARTS) is 1. The van der Waals surface area contributed by atoms with Crippen LogP contribution in [0.5, 0.6) is 0 Å². The second kappa shape index (κ2) is 5.13. The number of carboxylic acids is 1. The van der Waals surface area contributed by atoms with Crippen LogP contribution in [-0.4, -0.2) is 16.9 Å². The van der Waals surface area contributed by atoms with Crippen molar-refractivity contribution in [3.63, 3.8) is 0 Å². The highest BCUT2D eigenvalue weighted by atomic mass is 16.4. The van der Waals surface area contributed by atoms with Gasteiger partial charge in [0.1, 0.15) is 5.70 Å². The quantitative estimate of drug-likeness (QED) is 0.880. The Morgan fingerprint density at radius 1 is 1.23 bits per heavy atom. The van der Waals surface area contributed by atoms with Gasteiger partial charge in [-0.3, -0.25) is 4.79 Å². The van der Waals surface area contributed by atoms with Crippen LogP contribution < -0.4 is 5.32 Å². The SMILES string of the molecule is CC1(C)CC(=O)C2=C(C1)NC(C(=O)O)=C[C@@H]2c1ccccc1. The molecular formula is C18H19NO3. The van der Waals surface area contributed by atoms with Crippen molar-refractivity contribution in [3.8, 4) is 0 Å². The van der Waals surface area contributed by atoms with E-state index in [9.17, 15) is 14.7 Å². The molecule has 0 spiro atoms. The van der Waals surface area contributed by atoms with Crippen LogP contribution in [0.1, 0.15) is 38.2 Å². The number of Topliss-reactive ketones (excluding diaryl/α,β-unsaturated/α-hetero) is 1. The Morgan fingerprint density at radius 2 is 1.91 bits per heavy atom. The van der Waals surface area contributed by atoms with Gasteiger partial charge in [-0.05, 0) is 23.5 Å². The minimum absolute atomic E-state index is 0.105. The number of aliphatic carboxylic acids is 1. The van der Waals surface area contributed by atoms with Crippen molar-refractivity contribution >= 4 is 11.8 Å². The number of ketones is 1. The Morgan fingerprint density at radius 3 is 2.55 bits per heavy atom. The topological polar surface area (TPSA) is 66.4 Å². The number of carbonyl (C=O) groups excluding carboxylic acids is 1. The molecule has 1 atom stereocenters. The number of carbonyl (C=O) groups is 2. The summed E-state index contributed by atoms with van der Waals surface area (Å²) in [5.41, 5.74) is 2.43. The molecule has 22 heavy (non-hydrogen) atoms. The van der Waals surface area contributed by atoms with Crippen LogP contribution in [-0.2, 0) is 9.59 Å². The molecule has 3 rings (SSSR count). The van der Waals surface area contributed by atoms with Crippen molar-refractivity contribution in [1.82, 2.24) is 5.32 Å². The van der Waals surface area contributed by atoms with Gasteiger partial charge in [-0.15, -0.1) is 0 Å². The Labute approximate surface area is 129 Å². The van der Waals surface area contributed by atoms with Gasteiger partial charge in [0.15, 0.2) is 5.78 Å². The molecule has 4 heteroatoms. The maximum Gasteiger partial charge on any atom is 0.351 e. The first-order valence-electron chi connectivity index (χ1n) is 7.41. The first kappa shape index (κ1) is 14.6. The molecule has 0 saturated carbocycles. The van der Waals surface area contributed by atoms with Gasteiger partial charge in [0.25, 0.3) is 0 Å². The first-order valence-corrected chi connectivity index (χ1v) is 7.41. The molecule has 114 valence electrons. The average Bonchev–Trinajstić information content (AvgIpc) is 2.45. The molecule has 1 heterocycles. The van der Waals surface area contributed by atoms with Crippen molar-refractivity contribution < 1.29 is 14.7 Å². The predicted octanol–water partition coefficient (Wildman–Crippen LogP) is 2.99. The van der Waals surface area contributed by atoms with Gasteiger partial charge in [-0.25, -0.2) is 4.79 Å². The lowest BCUT2D eigenvalue weighted by atomic mass is 9.70. The summed E-state index contributed by atoms with van der Waals surface area (Å²) in [4.78, 5) is 24.0. The van der Waals surface area contributed by atoms with E-state index in [2.05, 4.69) is 5.32 Å². The first-order chi connectivity index (χ1) is 10.4. The zero-order chi connectivity index (χ0) is 15.9. The number of hydrogen-bond acceptors (Lipinski definition) is 3. The molecule has 0 unspecified atom stereocenters. The van der Waals surface area contributed by atoms with Crippen LogP contribution in [0, 0.1) is 5.41 Å². The highest BCUT2D eigenvalue weighted by Crippen LogP contribution is 2.43. The molecule has 2 N–H and O–H groups in total. The summed E-state index contributed by atoms with van der Waals surface area (Å²) in [5, 5.41) is 12.3. The molecule has 0 aromatic heterocycles. The van der Waals surface area contributed by atoms with E-state index < -0.39 is 5.97 Å². The minimum atomic E-state index is -0.997. The summed E-state index contributed by atoms with van der Waals surface area (Å²) in [6.45, 7) is 4.07. The van der Waals surface area contributed by atoms with Gasteiger partial charge in [0.05, 0.1) is 0 Å². The van der Waals surface area contributed by atoms with Crippen LogP contribution in [0.15, 0.2) is 53.4 Å². The summed E-state index contributed by atoms with van der Waals surface area (Å²) >= 11 is 0. The van der Waals surface area contributed by atoms with E-state index in [1.54, 1.807) is 6.08 Å². The van der Waals surface area contributed by atoms with Gasteiger partial charge >= 0.3 is 5.97 Å². The van der Waals surface area contributed by atoms with Gasteiger partial charge in [-0.2, -0.15) is 0 Å². The standard InChI is InChI=1S/C18H19NO3/c1-18(2)9-14-16(15(20)10-18)12(8-13(19-14)17(21)22)11-6-4-3-5-7-11/h3-8,12,19H,9-10H2,1-2H3,(H,21,22)/t12-/m1/s1. The van der Waals surface area contributed by atoms with E-state index in [1.807, 2.05) is 44.2 Å². The van der Waals surface area contributed by atoms with E-state index in [0.29, 0.717) is 12.8 Å². The molecule has 4 nitrogen and oxygen atoms in total. The van der Waals surface area contributed by atoms with Crippen molar-refractivity contribution in [2.24, 2.45) is 5.41 Å². The molecule has 1 aliphatic carbocycles. The summed E-state index contributed by atoms with van der Waals surface area (Å²) in [5.74, 6) is -1.18. The molecule has 1 aromatic rings. The Bertz CT molecular complexity index is 698. The molecule has 0 bridgehead atoms. The Balaban J connectivity index is 2.11. The second-order valence-electron chi connectivity index (χ2n) is 6.73.